The number of sulfonamides is 1. The molecule has 0 aromatic heterocycles. The first-order valence-electron chi connectivity index (χ1n) is 12.1. The highest BCUT2D eigenvalue weighted by molar-refractivity contribution is 7.89. The molecule has 0 radical (unpaired) electrons. The van der Waals surface area contributed by atoms with Crippen LogP contribution in [0.15, 0.2) is 53.4 Å². The Labute approximate surface area is 216 Å². The minimum atomic E-state index is -3.68. The van der Waals surface area contributed by atoms with Gasteiger partial charge in [-0.25, -0.2) is 8.42 Å². The number of likely N-dealkylation sites (tertiary alicyclic amines) is 1. The maximum absolute atomic E-state index is 13.5. The van der Waals surface area contributed by atoms with Gasteiger partial charge in [-0.05, 0) is 76.0 Å². The molecule has 1 saturated heterocycles. The van der Waals surface area contributed by atoms with Crippen molar-refractivity contribution in [3.05, 3.63) is 59.1 Å². The van der Waals surface area contributed by atoms with Crippen molar-refractivity contribution >= 4 is 34.0 Å². The molecule has 0 spiro atoms. The van der Waals surface area contributed by atoms with E-state index >= 15 is 0 Å². The number of benzene rings is 2. The van der Waals surface area contributed by atoms with Gasteiger partial charge >= 0.3 is 0 Å². The molecule has 0 bridgehead atoms. The zero-order valence-corrected chi connectivity index (χ0v) is 22.7. The fraction of sp³-hybridized carbons (Fsp3) is 0.538. The second-order valence-electron chi connectivity index (χ2n) is 8.85. The van der Waals surface area contributed by atoms with E-state index in [0.29, 0.717) is 11.6 Å². The third kappa shape index (κ3) is 8.13. The lowest BCUT2D eigenvalue weighted by molar-refractivity contribution is 0.204. The highest BCUT2D eigenvalue weighted by atomic mass is 35.5. The maximum atomic E-state index is 13.5. The van der Waals surface area contributed by atoms with Crippen LogP contribution in [0.2, 0.25) is 5.02 Å². The summed E-state index contributed by atoms with van der Waals surface area (Å²) in [7, 11) is -3.68. The van der Waals surface area contributed by atoms with Crippen molar-refractivity contribution in [1.29, 1.82) is 0 Å². The van der Waals surface area contributed by atoms with Gasteiger partial charge in [-0.2, -0.15) is 4.31 Å². The van der Waals surface area contributed by atoms with Gasteiger partial charge in [0.2, 0.25) is 10.0 Å². The summed E-state index contributed by atoms with van der Waals surface area (Å²) < 4.78 is 34.8. The van der Waals surface area contributed by atoms with E-state index in [-0.39, 0.29) is 29.9 Å². The van der Waals surface area contributed by atoms with Crippen molar-refractivity contribution in [2.24, 2.45) is 0 Å². The van der Waals surface area contributed by atoms with Gasteiger partial charge in [0.1, 0.15) is 5.75 Å². The van der Waals surface area contributed by atoms with Crippen LogP contribution in [-0.2, 0) is 16.6 Å². The van der Waals surface area contributed by atoms with Gasteiger partial charge < -0.3 is 9.64 Å². The number of para-hydroxylation sites is 1. The molecule has 34 heavy (non-hydrogen) atoms. The van der Waals surface area contributed by atoms with Crippen LogP contribution in [0.25, 0.3) is 0 Å². The van der Waals surface area contributed by atoms with Gasteiger partial charge in [0.05, 0.1) is 11.5 Å². The molecule has 0 saturated carbocycles. The van der Waals surface area contributed by atoms with E-state index in [0.717, 1.165) is 37.1 Å². The molecule has 1 aliphatic rings. The summed E-state index contributed by atoms with van der Waals surface area (Å²) in [6.07, 6.45) is 6.57. The number of hydrogen-bond donors (Lipinski definition) is 0. The highest BCUT2D eigenvalue weighted by Gasteiger charge is 2.29. The predicted molar refractivity (Wildman–Crippen MR) is 143 cm³/mol. The van der Waals surface area contributed by atoms with E-state index in [9.17, 15) is 8.42 Å². The van der Waals surface area contributed by atoms with Crippen molar-refractivity contribution in [2.45, 2.75) is 69.9 Å². The van der Waals surface area contributed by atoms with E-state index in [1.807, 2.05) is 31.2 Å². The van der Waals surface area contributed by atoms with Crippen LogP contribution in [-0.4, -0.2) is 49.9 Å². The summed E-state index contributed by atoms with van der Waals surface area (Å²) in [5.41, 5.74) is 0.885. The second kappa shape index (κ2) is 14.3. The maximum Gasteiger partial charge on any atom is 0.243 e. The molecule has 5 nitrogen and oxygen atoms in total. The molecular formula is C26H38Cl2N2O3S. The first-order chi connectivity index (χ1) is 15.9. The van der Waals surface area contributed by atoms with E-state index in [2.05, 4.69) is 11.8 Å². The first-order valence-corrected chi connectivity index (χ1v) is 13.9. The lowest BCUT2D eigenvalue weighted by atomic mass is 10.1. The first kappa shape index (κ1) is 28.9. The zero-order chi connectivity index (χ0) is 23.7. The van der Waals surface area contributed by atoms with Crippen LogP contribution in [0.3, 0.4) is 0 Å². The molecule has 190 valence electrons. The van der Waals surface area contributed by atoms with Crippen LogP contribution < -0.4 is 4.74 Å². The summed E-state index contributed by atoms with van der Waals surface area (Å²) >= 11 is 5.99. The van der Waals surface area contributed by atoms with Crippen molar-refractivity contribution in [1.82, 2.24) is 9.21 Å². The molecule has 1 aliphatic heterocycles. The van der Waals surface area contributed by atoms with Crippen molar-refractivity contribution < 1.29 is 13.2 Å². The lowest BCUT2D eigenvalue weighted by Crippen LogP contribution is -2.38. The Hall–Kier alpha value is -1.31. The number of rotatable bonds is 12. The van der Waals surface area contributed by atoms with Gasteiger partial charge in [0.25, 0.3) is 0 Å². The SMILES string of the molecule is CCCC(C)N(Cc1ccccc1OCCCN1CCCCC1)S(=O)(=O)c1ccc(Cl)cc1.Cl. The molecule has 2 aromatic carbocycles. The number of nitrogens with zero attached hydrogens (tertiary/aromatic N) is 2. The van der Waals surface area contributed by atoms with E-state index in [1.54, 1.807) is 28.6 Å². The van der Waals surface area contributed by atoms with E-state index in [4.69, 9.17) is 16.3 Å². The van der Waals surface area contributed by atoms with Crippen LogP contribution in [0.4, 0.5) is 0 Å². The van der Waals surface area contributed by atoms with E-state index in [1.165, 1.54) is 32.4 Å². The Morgan fingerprint density at radius 1 is 1.06 bits per heavy atom. The van der Waals surface area contributed by atoms with Crippen LogP contribution in [0.1, 0.15) is 57.9 Å². The quantitative estimate of drug-likeness (QED) is 0.299. The lowest BCUT2D eigenvalue weighted by Gasteiger charge is -2.29. The number of ether oxygens (including phenoxy) is 1. The van der Waals surface area contributed by atoms with Gasteiger partial charge in [0, 0.05) is 29.7 Å². The van der Waals surface area contributed by atoms with Gasteiger partial charge in [-0.3, -0.25) is 0 Å². The highest BCUT2D eigenvalue weighted by Crippen LogP contribution is 2.28. The Bertz CT molecular complexity index is 964. The Morgan fingerprint density at radius 3 is 2.41 bits per heavy atom. The molecule has 3 rings (SSSR count). The molecule has 0 aliphatic carbocycles. The summed E-state index contributed by atoms with van der Waals surface area (Å²) in [5, 5.41) is 0.519. The summed E-state index contributed by atoms with van der Waals surface area (Å²) in [5.74, 6) is 0.760. The molecule has 1 fully saturated rings. The molecule has 2 aromatic rings. The minimum absolute atomic E-state index is 0. The van der Waals surface area contributed by atoms with E-state index < -0.39 is 10.0 Å². The standard InChI is InChI=1S/C26H37ClN2O3S.ClH/c1-3-10-22(2)29(33(30,31)25-15-13-24(27)14-16-25)21-23-11-5-6-12-26(23)32-20-9-19-28-17-7-4-8-18-28;/h5-6,11-16,22H,3-4,7-10,17-21H2,1-2H3;1H. The molecule has 1 heterocycles. The van der Waals surface area contributed by atoms with Crippen molar-refractivity contribution in [2.75, 3.05) is 26.2 Å². The Balaban J connectivity index is 0.00000408. The summed E-state index contributed by atoms with van der Waals surface area (Å²) in [6.45, 7) is 8.36. The molecule has 1 unspecified atom stereocenters. The summed E-state index contributed by atoms with van der Waals surface area (Å²) in [4.78, 5) is 2.76. The third-order valence-corrected chi connectivity index (χ3v) is 8.47. The van der Waals surface area contributed by atoms with Crippen molar-refractivity contribution in [3.63, 3.8) is 0 Å². The largest absolute Gasteiger partial charge is 0.493 e. The Kier molecular flexibility index (Phi) is 12.2. The molecule has 0 N–H and O–H groups in total. The molecular weight excluding hydrogens is 491 g/mol. The van der Waals surface area contributed by atoms with Crippen LogP contribution >= 0.6 is 24.0 Å². The monoisotopic (exact) mass is 528 g/mol. The number of hydrogen-bond acceptors (Lipinski definition) is 4. The minimum Gasteiger partial charge on any atom is -0.493 e. The predicted octanol–water partition coefficient (Wildman–Crippen LogP) is 6.40. The van der Waals surface area contributed by atoms with Gasteiger partial charge in [0.15, 0.2) is 0 Å². The average Bonchev–Trinajstić information content (AvgIpc) is 2.82. The molecule has 8 heteroatoms. The smallest absolute Gasteiger partial charge is 0.243 e. The van der Waals surface area contributed by atoms with Crippen LogP contribution in [0, 0.1) is 0 Å². The third-order valence-electron chi connectivity index (χ3n) is 6.24. The van der Waals surface area contributed by atoms with Gasteiger partial charge in [-0.15, -0.1) is 12.4 Å². The number of halogens is 2. The fourth-order valence-corrected chi connectivity index (χ4v) is 6.14. The summed E-state index contributed by atoms with van der Waals surface area (Å²) in [6, 6.07) is 14.0. The second-order valence-corrected chi connectivity index (χ2v) is 11.2. The number of piperidine rings is 1. The molecule has 0 amide bonds. The van der Waals surface area contributed by atoms with Crippen LogP contribution in [0.5, 0.6) is 5.75 Å². The average molecular weight is 530 g/mol. The molecule has 1 atom stereocenters. The fourth-order valence-electron chi connectivity index (χ4n) is 4.38. The topological polar surface area (TPSA) is 49.9 Å². The van der Waals surface area contributed by atoms with Gasteiger partial charge in [-0.1, -0.05) is 49.6 Å². The Morgan fingerprint density at radius 2 is 1.74 bits per heavy atom. The van der Waals surface area contributed by atoms with Crippen molar-refractivity contribution in [3.8, 4) is 5.75 Å². The normalized spacial score (nSPS) is 15.6. The zero-order valence-electron chi connectivity index (χ0n) is 20.3.